The number of methoxy groups -OCH3 is 2. The second kappa shape index (κ2) is 7.84. The molecule has 2 N–H and O–H groups in total. The number of hydrogen-bond acceptors (Lipinski definition) is 6. The number of amidine groups is 1. The van der Waals surface area contributed by atoms with E-state index in [0.717, 1.165) is 28.1 Å². The van der Waals surface area contributed by atoms with Gasteiger partial charge in [-0.15, -0.1) is 11.3 Å². The van der Waals surface area contributed by atoms with Gasteiger partial charge in [0, 0.05) is 22.7 Å². The molecule has 1 aromatic heterocycles. The summed E-state index contributed by atoms with van der Waals surface area (Å²) in [5, 5.41) is 21.9. The van der Waals surface area contributed by atoms with Crippen molar-refractivity contribution in [1.82, 2.24) is 4.98 Å². The molecule has 3 aromatic rings. The number of ether oxygens (including phenoxy) is 2. The molecule has 0 aliphatic carbocycles. The van der Waals surface area contributed by atoms with Gasteiger partial charge in [0.25, 0.3) is 0 Å². The van der Waals surface area contributed by atoms with Crippen LogP contribution in [0.2, 0.25) is 0 Å². The summed E-state index contributed by atoms with van der Waals surface area (Å²) in [7, 11) is 3.21. The third-order valence-corrected chi connectivity index (χ3v) is 6.01. The van der Waals surface area contributed by atoms with Crippen molar-refractivity contribution in [2.45, 2.75) is 13.8 Å². The summed E-state index contributed by atoms with van der Waals surface area (Å²) in [6.45, 7) is 4.32. The third kappa shape index (κ3) is 3.41. The zero-order valence-electron chi connectivity index (χ0n) is 17.3. The monoisotopic (exact) mass is 421 g/mol. The SMILES string of the molecule is COc1ccc(-c2csc(C3=C(O)CN(c4ccc(C)cc4C)C3=N)n2)c(OC)c1. The summed E-state index contributed by atoms with van der Waals surface area (Å²) in [5.41, 5.74) is 5.18. The Labute approximate surface area is 179 Å². The van der Waals surface area contributed by atoms with E-state index in [1.54, 1.807) is 14.2 Å². The number of nitrogens with one attached hydrogen (secondary N) is 1. The standard InChI is InChI=1S/C23H23N3O3S/c1-13-5-8-18(14(2)9-13)26-11-19(27)21(22(26)24)23-25-17(12-30-23)16-7-6-15(28-3)10-20(16)29-4/h5-10,12,24,27H,11H2,1-4H3. The zero-order valence-corrected chi connectivity index (χ0v) is 18.1. The summed E-state index contributed by atoms with van der Waals surface area (Å²) in [4.78, 5) is 6.52. The van der Waals surface area contributed by atoms with Gasteiger partial charge >= 0.3 is 0 Å². The Morgan fingerprint density at radius 1 is 1.10 bits per heavy atom. The van der Waals surface area contributed by atoms with Crippen molar-refractivity contribution in [2.24, 2.45) is 0 Å². The van der Waals surface area contributed by atoms with Crippen molar-refractivity contribution in [2.75, 3.05) is 25.7 Å². The van der Waals surface area contributed by atoms with Crippen LogP contribution in [0.3, 0.4) is 0 Å². The minimum absolute atomic E-state index is 0.155. The number of benzene rings is 2. The first-order valence-corrected chi connectivity index (χ1v) is 10.3. The molecular formula is C23H23N3O3S. The number of anilines is 1. The molecule has 0 unspecified atom stereocenters. The number of aliphatic hydroxyl groups excluding tert-OH is 1. The summed E-state index contributed by atoms with van der Waals surface area (Å²) in [6.07, 6.45) is 0. The van der Waals surface area contributed by atoms with Gasteiger partial charge < -0.3 is 19.5 Å². The number of aryl methyl sites for hydroxylation is 2. The second-order valence-corrected chi connectivity index (χ2v) is 8.01. The van der Waals surface area contributed by atoms with Gasteiger partial charge in [-0.05, 0) is 37.6 Å². The zero-order chi connectivity index (χ0) is 21.4. The summed E-state index contributed by atoms with van der Waals surface area (Å²) in [5.74, 6) is 1.76. The molecule has 30 heavy (non-hydrogen) atoms. The Kier molecular flexibility index (Phi) is 5.22. The Morgan fingerprint density at radius 2 is 1.90 bits per heavy atom. The predicted molar refractivity (Wildman–Crippen MR) is 121 cm³/mol. The highest BCUT2D eigenvalue weighted by Gasteiger charge is 2.32. The molecule has 7 heteroatoms. The fourth-order valence-corrected chi connectivity index (χ4v) is 4.53. The molecule has 0 fully saturated rings. The maximum atomic E-state index is 10.7. The van der Waals surface area contributed by atoms with E-state index in [4.69, 9.17) is 19.9 Å². The average Bonchev–Trinajstić information content (AvgIpc) is 3.31. The van der Waals surface area contributed by atoms with E-state index in [-0.39, 0.29) is 18.1 Å². The van der Waals surface area contributed by atoms with Gasteiger partial charge in [0.1, 0.15) is 28.1 Å². The normalized spacial score (nSPS) is 13.9. The molecule has 1 aliphatic rings. The Morgan fingerprint density at radius 3 is 2.60 bits per heavy atom. The molecule has 0 atom stereocenters. The molecule has 0 radical (unpaired) electrons. The second-order valence-electron chi connectivity index (χ2n) is 7.15. The van der Waals surface area contributed by atoms with Crippen molar-refractivity contribution >= 4 is 28.4 Å². The first kappa shape index (κ1) is 20.0. The van der Waals surface area contributed by atoms with Gasteiger partial charge in [-0.25, -0.2) is 4.98 Å². The summed E-state index contributed by atoms with van der Waals surface area (Å²) < 4.78 is 10.8. The lowest BCUT2D eigenvalue weighted by molar-refractivity contribution is 0.395. The molecule has 2 heterocycles. The summed E-state index contributed by atoms with van der Waals surface area (Å²) >= 11 is 1.40. The number of thiazole rings is 1. The number of nitrogens with zero attached hydrogens (tertiary/aromatic N) is 2. The number of hydrogen-bond donors (Lipinski definition) is 2. The summed E-state index contributed by atoms with van der Waals surface area (Å²) in [6, 6.07) is 11.6. The molecule has 0 saturated carbocycles. The van der Waals surface area contributed by atoms with E-state index in [9.17, 15) is 5.11 Å². The van der Waals surface area contributed by atoms with Crippen LogP contribution in [0.15, 0.2) is 47.5 Å². The molecule has 4 rings (SSSR count). The number of aliphatic hydroxyl groups is 1. The van der Waals surface area contributed by atoms with Gasteiger partial charge in [-0.3, -0.25) is 5.41 Å². The van der Waals surface area contributed by atoms with Crippen molar-refractivity contribution in [3.05, 3.63) is 63.7 Å². The minimum atomic E-state index is 0.155. The smallest absolute Gasteiger partial charge is 0.139 e. The van der Waals surface area contributed by atoms with Gasteiger partial charge in [-0.2, -0.15) is 0 Å². The molecule has 0 bridgehead atoms. The van der Waals surface area contributed by atoms with Crippen LogP contribution in [-0.4, -0.2) is 36.7 Å². The van der Waals surface area contributed by atoms with Gasteiger partial charge in [-0.1, -0.05) is 17.7 Å². The lowest BCUT2D eigenvalue weighted by atomic mass is 10.1. The number of aromatic nitrogens is 1. The lowest BCUT2D eigenvalue weighted by Gasteiger charge is -2.21. The van der Waals surface area contributed by atoms with Crippen LogP contribution in [0, 0.1) is 19.3 Å². The predicted octanol–water partition coefficient (Wildman–Crippen LogP) is 5.21. The Bertz CT molecular complexity index is 1170. The van der Waals surface area contributed by atoms with Crippen LogP contribution in [-0.2, 0) is 0 Å². The van der Waals surface area contributed by atoms with Crippen LogP contribution >= 0.6 is 11.3 Å². The van der Waals surface area contributed by atoms with Crippen molar-refractivity contribution in [3.63, 3.8) is 0 Å². The van der Waals surface area contributed by atoms with Gasteiger partial charge in [0.15, 0.2) is 0 Å². The highest BCUT2D eigenvalue weighted by molar-refractivity contribution is 7.11. The van der Waals surface area contributed by atoms with Crippen LogP contribution in [0.5, 0.6) is 11.5 Å². The first-order chi connectivity index (χ1) is 14.4. The van der Waals surface area contributed by atoms with Crippen molar-refractivity contribution in [3.8, 4) is 22.8 Å². The van der Waals surface area contributed by atoms with E-state index in [1.165, 1.54) is 11.3 Å². The minimum Gasteiger partial charge on any atom is -0.510 e. The highest BCUT2D eigenvalue weighted by Crippen LogP contribution is 2.38. The van der Waals surface area contributed by atoms with Crippen LogP contribution in [0.4, 0.5) is 5.69 Å². The van der Waals surface area contributed by atoms with Crippen LogP contribution < -0.4 is 14.4 Å². The fraction of sp³-hybridized carbons (Fsp3) is 0.217. The molecule has 0 saturated heterocycles. The molecular weight excluding hydrogens is 398 g/mol. The van der Waals surface area contributed by atoms with Gasteiger partial charge in [0.2, 0.25) is 0 Å². The van der Waals surface area contributed by atoms with E-state index in [2.05, 4.69) is 6.07 Å². The quantitative estimate of drug-likeness (QED) is 0.591. The maximum Gasteiger partial charge on any atom is 0.139 e. The first-order valence-electron chi connectivity index (χ1n) is 9.47. The molecule has 1 aliphatic heterocycles. The highest BCUT2D eigenvalue weighted by atomic mass is 32.1. The maximum absolute atomic E-state index is 10.7. The fourth-order valence-electron chi connectivity index (χ4n) is 3.64. The average molecular weight is 422 g/mol. The van der Waals surface area contributed by atoms with E-state index in [1.807, 2.05) is 54.5 Å². The molecule has 154 valence electrons. The Balaban J connectivity index is 1.67. The van der Waals surface area contributed by atoms with E-state index < -0.39 is 0 Å². The number of rotatable bonds is 5. The lowest BCUT2D eigenvalue weighted by Crippen LogP contribution is -2.26. The van der Waals surface area contributed by atoms with E-state index in [0.29, 0.717) is 22.1 Å². The third-order valence-electron chi connectivity index (χ3n) is 5.15. The van der Waals surface area contributed by atoms with E-state index >= 15 is 0 Å². The molecule has 6 nitrogen and oxygen atoms in total. The van der Waals surface area contributed by atoms with Crippen LogP contribution in [0.25, 0.3) is 16.8 Å². The van der Waals surface area contributed by atoms with Crippen molar-refractivity contribution < 1.29 is 14.6 Å². The Hall–Kier alpha value is -3.32. The molecule has 0 amide bonds. The largest absolute Gasteiger partial charge is 0.510 e. The molecule has 0 spiro atoms. The topological polar surface area (TPSA) is 78.7 Å². The van der Waals surface area contributed by atoms with Crippen LogP contribution in [0.1, 0.15) is 16.1 Å². The van der Waals surface area contributed by atoms with Gasteiger partial charge in [0.05, 0.1) is 32.0 Å². The molecule has 2 aromatic carbocycles. The van der Waals surface area contributed by atoms with Crippen molar-refractivity contribution in [1.29, 1.82) is 5.41 Å².